The molecule has 0 aliphatic rings. The minimum absolute atomic E-state index is 0.157. The van der Waals surface area contributed by atoms with Gasteiger partial charge in [0.2, 0.25) is 0 Å². The van der Waals surface area contributed by atoms with Gasteiger partial charge in [0.25, 0.3) is 0 Å². The number of rotatable bonds is 8. The number of halogens is 3. The Kier molecular flexibility index (Phi) is 9.66. The lowest BCUT2D eigenvalue weighted by molar-refractivity contribution is -0.274. The normalized spacial score (nSPS) is 12.4. The fourth-order valence-electron chi connectivity index (χ4n) is 3.95. The average Bonchev–Trinajstić information content (AvgIpc) is 2.77. The molecule has 2 aromatic carbocycles. The number of allylic oxidation sites excluding steroid dienone is 1. The van der Waals surface area contributed by atoms with Crippen molar-refractivity contribution < 1.29 is 32.5 Å². The number of nitrogens with zero attached hydrogens (tertiary/aromatic N) is 2. The van der Waals surface area contributed by atoms with Crippen molar-refractivity contribution in [2.45, 2.75) is 73.1 Å². The molecule has 0 atom stereocenters. The lowest BCUT2D eigenvalue weighted by Crippen LogP contribution is -2.34. The van der Waals surface area contributed by atoms with Crippen molar-refractivity contribution in [3.05, 3.63) is 58.8 Å². The maximum atomic E-state index is 12.7. The fourth-order valence-corrected chi connectivity index (χ4v) is 3.95. The summed E-state index contributed by atoms with van der Waals surface area (Å²) in [4.78, 5) is 16.0. The van der Waals surface area contributed by atoms with E-state index in [4.69, 9.17) is 4.74 Å². The van der Waals surface area contributed by atoms with Gasteiger partial charge >= 0.3 is 12.5 Å². The number of aliphatic hydroxyl groups is 1. The lowest BCUT2D eigenvalue weighted by Gasteiger charge is -2.29. The van der Waals surface area contributed by atoms with Gasteiger partial charge in [-0.2, -0.15) is 0 Å². The molecule has 0 radical (unpaired) electrons. The van der Waals surface area contributed by atoms with Crippen molar-refractivity contribution in [3.63, 3.8) is 0 Å². The van der Waals surface area contributed by atoms with Crippen molar-refractivity contribution in [2.24, 2.45) is 0 Å². The molecule has 0 saturated carbocycles. The molecule has 0 aliphatic carbocycles. The van der Waals surface area contributed by atoms with Gasteiger partial charge in [-0.3, -0.25) is 0 Å². The zero-order chi connectivity index (χ0) is 28.1. The van der Waals surface area contributed by atoms with Crippen LogP contribution in [-0.2, 0) is 17.9 Å². The molecule has 1 amide bonds. The Bertz CT molecular complexity index is 1120. The Labute approximate surface area is 217 Å². The van der Waals surface area contributed by atoms with Gasteiger partial charge in [-0.25, -0.2) is 4.79 Å². The van der Waals surface area contributed by atoms with Crippen LogP contribution in [0.15, 0.2) is 42.1 Å². The van der Waals surface area contributed by atoms with Gasteiger partial charge in [-0.1, -0.05) is 24.6 Å². The van der Waals surface area contributed by atoms with Crippen molar-refractivity contribution in [2.75, 3.05) is 19.0 Å². The minimum Gasteiger partial charge on any atom is -0.444 e. The van der Waals surface area contributed by atoms with Crippen molar-refractivity contribution in [3.8, 4) is 16.9 Å². The highest BCUT2D eigenvalue weighted by molar-refractivity contribution is 5.79. The van der Waals surface area contributed by atoms with Crippen LogP contribution in [-0.4, -0.2) is 42.2 Å². The minimum atomic E-state index is -4.78. The summed E-state index contributed by atoms with van der Waals surface area (Å²) in [6, 6.07) is 7.49. The third-order valence-electron chi connectivity index (χ3n) is 5.75. The van der Waals surface area contributed by atoms with E-state index in [1.807, 2.05) is 45.0 Å². The molecule has 0 saturated heterocycles. The van der Waals surface area contributed by atoms with Crippen LogP contribution in [0.3, 0.4) is 0 Å². The van der Waals surface area contributed by atoms with E-state index in [1.54, 1.807) is 40.0 Å². The summed E-state index contributed by atoms with van der Waals surface area (Å²) >= 11 is 0. The largest absolute Gasteiger partial charge is 0.573 e. The molecule has 1 N–H and O–H groups in total. The maximum absolute atomic E-state index is 12.7. The monoisotopic (exact) mass is 522 g/mol. The predicted octanol–water partition coefficient (Wildman–Crippen LogP) is 7.17. The van der Waals surface area contributed by atoms with E-state index >= 15 is 0 Å². The predicted molar refractivity (Wildman–Crippen MR) is 139 cm³/mol. The van der Waals surface area contributed by atoms with E-state index in [9.17, 15) is 23.1 Å². The quantitative estimate of drug-likeness (QED) is 0.398. The van der Waals surface area contributed by atoms with Crippen LogP contribution in [0.4, 0.5) is 23.7 Å². The molecular formula is C28H37F3N2O4. The number of hydrogen-bond acceptors (Lipinski definition) is 5. The Morgan fingerprint density at radius 1 is 1.11 bits per heavy atom. The SMILES string of the molecule is CC/C(C)=C/N(C)c1c(C)c(-c2ccc(OC(F)(F)F)cc2)cc(CN(C)C(=O)OC(C)(C)C)c1CO. The highest BCUT2D eigenvalue weighted by atomic mass is 19.4. The Hall–Kier alpha value is -3.20. The van der Waals surface area contributed by atoms with Gasteiger partial charge < -0.3 is 24.4 Å². The summed E-state index contributed by atoms with van der Waals surface area (Å²) in [5, 5.41) is 10.4. The zero-order valence-electron chi connectivity index (χ0n) is 22.8. The number of ether oxygens (including phenoxy) is 2. The maximum Gasteiger partial charge on any atom is 0.573 e. The smallest absolute Gasteiger partial charge is 0.444 e. The van der Waals surface area contributed by atoms with E-state index in [0.29, 0.717) is 16.7 Å². The summed E-state index contributed by atoms with van der Waals surface area (Å²) in [6.07, 6.45) is -2.47. The van der Waals surface area contributed by atoms with Gasteiger partial charge in [0.05, 0.1) is 6.61 Å². The van der Waals surface area contributed by atoms with E-state index < -0.39 is 18.1 Å². The second-order valence-electron chi connectivity index (χ2n) is 10.0. The molecule has 0 aliphatic heterocycles. The number of benzene rings is 2. The van der Waals surface area contributed by atoms with Crippen molar-refractivity contribution in [1.82, 2.24) is 4.90 Å². The van der Waals surface area contributed by atoms with Gasteiger partial charge in [0.1, 0.15) is 11.4 Å². The number of alkyl halides is 3. The third kappa shape index (κ3) is 8.42. The fraction of sp³-hybridized carbons (Fsp3) is 0.464. The van der Waals surface area contributed by atoms with E-state index in [0.717, 1.165) is 28.8 Å². The Balaban J connectivity index is 2.66. The summed E-state index contributed by atoms with van der Waals surface area (Å²) in [5.41, 5.74) is 4.81. The molecule has 2 aromatic rings. The standard InChI is InChI=1S/C28H37F3N2O4/c1-9-18(2)15-32(7)25-19(3)23(20-10-12-22(13-11-20)36-28(29,30)31)14-21(24(25)17-34)16-33(8)26(35)37-27(4,5)6/h10-15,34H,9,16-17H2,1-8H3/b18-15+. The molecule has 9 heteroatoms. The second-order valence-corrected chi connectivity index (χ2v) is 10.0. The molecule has 0 fully saturated rings. The van der Waals surface area contributed by atoms with Crippen molar-refractivity contribution in [1.29, 1.82) is 0 Å². The highest BCUT2D eigenvalue weighted by Crippen LogP contribution is 2.38. The van der Waals surface area contributed by atoms with Gasteiger partial charge in [0.15, 0.2) is 0 Å². The van der Waals surface area contributed by atoms with E-state index in [-0.39, 0.29) is 18.9 Å². The van der Waals surface area contributed by atoms with Gasteiger partial charge in [0, 0.05) is 38.1 Å². The molecule has 0 bridgehead atoms. The number of carbonyl (C=O) groups is 1. The topological polar surface area (TPSA) is 62.2 Å². The first-order valence-corrected chi connectivity index (χ1v) is 12.0. The molecule has 0 aromatic heterocycles. The average molecular weight is 523 g/mol. The van der Waals surface area contributed by atoms with Gasteiger partial charge in [-0.15, -0.1) is 13.2 Å². The van der Waals surface area contributed by atoms with E-state index in [2.05, 4.69) is 4.74 Å². The van der Waals surface area contributed by atoms with Crippen LogP contribution in [0.25, 0.3) is 11.1 Å². The highest BCUT2D eigenvalue weighted by Gasteiger charge is 2.31. The summed E-state index contributed by atoms with van der Waals surface area (Å²) in [7, 11) is 3.49. The van der Waals surface area contributed by atoms with Crippen molar-refractivity contribution >= 4 is 11.8 Å². The Morgan fingerprint density at radius 3 is 2.19 bits per heavy atom. The molecule has 6 nitrogen and oxygen atoms in total. The lowest BCUT2D eigenvalue weighted by atomic mass is 9.91. The summed E-state index contributed by atoms with van der Waals surface area (Å²) in [5.74, 6) is -0.315. The molecule has 0 heterocycles. The number of amides is 1. The number of hydrogen-bond donors (Lipinski definition) is 1. The first kappa shape index (κ1) is 30.0. The van der Waals surface area contributed by atoms with Crippen LogP contribution in [0.2, 0.25) is 0 Å². The number of carbonyl (C=O) groups excluding carboxylic acids is 1. The van der Waals surface area contributed by atoms with Crippen LogP contribution in [0, 0.1) is 6.92 Å². The Morgan fingerprint density at radius 2 is 1.70 bits per heavy atom. The first-order chi connectivity index (χ1) is 17.1. The zero-order valence-corrected chi connectivity index (χ0v) is 22.8. The summed E-state index contributed by atoms with van der Waals surface area (Å²) < 4.78 is 47.4. The number of aliphatic hydroxyl groups excluding tert-OH is 1. The molecule has 0 spiro atoms. The molecule has 204 valence electrons. The molecule has 0 unspecified atom stereocenters. The first-order valence-electron chi connectivity index (χ1n) is 12.0. The molecular weight excluding hydrogens is 485 g/mol. The molecule has 37 heavy (non-hydrogen) atoms. The van der Waals surface area contributed by atoms with E-state index in [1.165, 1.54) is 17.0 Å². The number of anilines is 1. The van der Waals surface area contributed by atoms with Crippen LogP contribution < -0.4 is 9.64 Å². The second kappa shape index (κ2) is 11.9. The van der Waals surface area contributed by atoms with Crippen LogP contribution in [0.1, 0.15) is 57.7 Å². The van der Waals surface area contributed by atoms with Crippen LogP contribution in [0.5, 0.6) is 5.75 Å². The van der Waals surface area contributed by atoms with Gasteiger partial charge in [-0.05, 0) is 81.5 Å². The summed E-state index contributed by atoms with van der Waals surface area (Å²) in [6.45, 7) is 11.2. The third-order valence-corrected chi connectivity index (χ3v) is 5.75. The van der Waals surface area contributed by atoms with Crippen LogP contribution >= 0.6 is 0 Å². The molecule has 2 rings (SSSR count).